The smallest absolute Gasteiger partial charge is 0.276 e. The number of hydrogen-bond acceptors (Lipinski definition) is 6. The fraction of sp³-hybridized carbons (Fsp3) is 0.370. The molecule has 9 heteroatoms. The third-order valence-electron chi connectivity index (χ3n) is 6.86. The minimum absolute atomic E-state index is 0.0489. The molecule has 0 unspecified atom stereocenters. The summed E-state index contributed by atoms with van der Waals surface area (Å²) in [6.07, 6.45) is 15.4. The molecule has 1 aliphatic carbocycles. The molecule has 2 heterocycles. The second-order valence-electron chi connectivity index (χ2n) is 9.35. The number of piperidine rings is 1. The van der Waals surface area contributed by atoms with Gasteiger partial charge in [0.2, 0.25) is 4.93 Å². The molecule has 1 aromatic heterocycles. The van der Waals surface area contributed by atoms with Gasteiger partial charge >= 0.3 is 0 Å². The van der Waals surface area contributed by atoms with Crippen LogP contribution in [0.15, 0.2) is 79.2 Å². The number of rotatable bonds is 9. The van der Waals surface area contributed by atoms with Crippen molar-refractivity contribution in [3.8, 4) is 0 Å². The van der Waals surface area contributed by atoms with Gasteiger partial charge < -0.3 is 9.64 Å². The summed E-state index contributed by atoms with van der Waals surface area (Å²) in [4.78, 5) is 11.9. The number of benzene rings is 1. The zero-order valence-electron chi connectivity index (χ0n) is 20.4. The lowest BCUT2D eigenvalue weighted by atomic mass is 9.93. The van der Waals surface area contributed by atoms with Crippen molar-refractivity contribution in [3.05, 3.63) is 90.3 Å². The maximum absolute atomic E-state index is 13.9. The first-order valence-corrected chi connectivity index (χ1v) is 13.6. The summed E-state index contributed by atoms with van der Waals surface area (Å²) in [5, 5.41) is 8.66. The van der Waals surface area contributed by atoms with Gasteiger partial charge in [-0.15, -0.1) is 0 Å². The van der Waals surface area contributed by atoms with Crippen molar-refractivity contribution >= 4 is 22.0 Å². The topological polar surface area (TPSA) is 101 Å². The van der Waals surface area contributed by atoms with Crippen molar-refractivity contribution in [2.45, 2.75) is 30.1 Å². The van der Waals surface area contributed by atoms with Crippen LogP contribution in [0.4, 0.5) is 0 Å². The standard InChI is InChI=1S/C27H33N3O5S/c1-29-17-11-22(12-18-29)14-20-35-27(15-9-25(10-16-27)24-5-3-2-4-6-24)36(33,34)30-19-13-23(21-30)7-8-26(31)28-32/h2-10,13,15-16,19,21-22,25,32H,11-12,14,17-18,20H2,1H3,(H,28,31)/b8-7+. The Bertz CT molecular complexity index is 1210. The Labute approximate surface area is 212 Å². The van der Waals surface area contributed by atoms with Crippen molar-refractivity contribution in [1.82, 2.24) is 14.4 Å². The lowest BCUT2D eigenvalue weighted by Gasteiger charge is -2.33. The number of hydrogen-bond donors (Lipinski definition) is 2. The van der Waals surface area contributed by atoms with Crippen LogP contribution in [0.2, 0.25) is 0 Å². The zero-order valence-corrected chi connectivity index (χ0v) is 21.2. The lowest BCUT2D eigenvalue weighted by molar-refractivity contribution is -0.124. The maximum Gasteiger partial charge on any atom is 0.276 e. The van der Waals surface area contributed by atoms with Crippen molar-refractivity contribution in [3.63, 3.8) is 0 Å². The molecule has 2 N–H and O–H groups in total. The second-order valence-corrected chi connectivity index (χ2v) is 11.4. The molecular weight excluding hydrogens is 478 g/mol. The molecule has 0 bridgehead atoms. The third kappa shape index (κ3) is 5.87. The van der Waals surface area contributed by atoms with Crippen LogP contribution in [0.25, 0.3) is 6.08 Å². The van der Waals surface area contributed by atoms with Gasteiger partial charge in [0.25, 0.3) is 15.9 Å². The molecule has 1 saturated heterocycles. The summed E-state index contributed by atoms with van der Waals surface area (Å²) in [5.41, 5.74) is 3.07. The fourth-order valence-electron chi connectivity index (χ4n) is 4.59. The van der Waals surface area contributed by atoms with E-state index in [-0.39, 0.29) is 5.92 Å². The van der Waals surface area contributed by atoms with E-state index < -0.39 is 20.9 Å². The summed E-state index contributed by atoms with van der Waals surface area (Å²) in [5.74, 6) is -0.243. The minimum atomic E-state index is -4.04. The molecule has 36 heavy (non-hydrogen) atoms. The summed E-state index contributed by atoms with van der Waals surface area (Å²) in [7, 11) is -1.92. The van der Waals surface area contributed by atoms with Crippen molar-refractivity contribution < 1.29 is 23.2 Å². The molecule has 4 rings (SSSR count). The quantitative estimate of drug-likeness (QED) is 0.231. The summed E-state index contributed by atoms with van der Waals surface area (Å²) < 4.78 is 35.1. The molecule has 2 aromatic rings. The molecule has 1 fully saturated rings. The van der Waals surface area contributed by atoms with Gasteiger partial charge in [-0.25, -0.2) is 17.9 Å². The maximum atomic E-state index is 13.9. The van der Waals surface area contributed by atoms with Crippen LogP contribution in [-0.2, 0) is 19.6 Å². The minimum Gasteiger partial charge on any atom is -0.351 e. The van der Waals surface area contributed by atoms with E-state index in [4.69, 9.17) is 9.94 Å². The summed E-state index contributed by atoms with van der Waals surface area (Å²) in [6, 6.07) is 11.5. The zero-order chi connectivity index (χ0) is 25.6. The van der Waals surface area contributed by atoms with Crippen LogP contribution < -0.4 is 5.48 Å². The van der Waals surface area contributed by atoms with Crippen LogP contribution in [0.5, 0.6) is 0 Å². The highest BCUT2D eigenvalue weighted by Gasteiger charge is 2.43. The van der Waals surface area contributed by atoms with E-state index >= 15 is 0 Å². The molecule has 192 valence electrons. The molecule has 0 saturated carbocycles. The predicted molar refractivity (Wildman–Crippen MR) is 139 cm³/mol. The molecule has 1 aliphatic heterocycles. The fourth-order valence-corrected chi connectivity index (χ4v) is 6.13. The number of carbonyl (C=O) groups excluding carboxylic acids is 1. The van der Waals surface area contributed by atoms with Crippen LogP contribution in [0.1, 0.15) is 36.3 Å². The third-order valence-corrected chi connectivity index (χ3v) is 8.83. The Morgan fingerprint density at radius 3 is 2.53 bits per heavy atom. The van der Waals surface area contributed by atoms with Crippen molar-refractivity contribution in [1.29, 1.82) is 0 Å². The highest BCUT2D eigenvalue weighted by atomic mass is 32.2. The molecule has 0 spiro atoms. The van der Waals surface area contributed by atoms with Crippen molar-refractivity contribution in [2.24, 2.45) is 5.92 Å². The molecular formula is C27H33N3O5S. The summed E-state index contributed by atoms with van der Waals surface area (Å²) in [6.45, 7) is 2.41. The Morgan fingerprint density at radius 2 is 1.86 bits per heavy atom. The number of nitrogens with zero attached hydrogens (tertiary/aromatic N) is 2. The number of nitrogens with one attached hydrogen (secondary N) is 1. The number of allylic oxidation sites excluding steroid dienone is 2. The molecule has 8 nitrogen and oxygen atoms in total. The van der Waals surface area contributed by atoms with Crippen LogP contribution in [-0.4, -0.2) is 60.1 Å². The van der Waals surface area contributed by atoms with Gasteiger partial charge in [-0.3, -0.25) is 10.0 Å². The normalized spacial score (nSPS) is 23.3. The van der Waals surface area contributed by atoms with E-state index in [1.807, 2.05) is 42.5 Å². The molecule has 0 radical (unpaired) electrons. The molecule has 0 atom stereocenters. The average Bonchev–Trinajstić information content (AvgIpc) is 3.39. The molecule has 1 aromatic carbocycles. The first-order chi connectivity index (χ1) is 17.3. The number of carbonyl (C=O) groups is 1. The Kier molecular flexibility index (Phi) is 8.25. The van der Waals surface area contributed by atoms with E-state index in [1.54, 1.807) is 18.2 Å². The number of likely N-dealkylation sites (tertiary alicyclic amines) is 1. The van der Waals surface area contributed by atoms with Gasteiger partial charge in [-0.05, 0) is 80.7 Å². The van der Waals surface area contributed by atoms with E-state index in [2.05, 4.69) is 11.9 Å². The predicted octanol–water partition coefficient (Wildman–Crippen LogP) is 3.54. The van der Waals surface area contributed by atoms with Gasteiger partial charge in [0.05, 0.1) is 0 Å². The monoisotopic (exact) mass is 511 g/mol. The Balaban J connectivity index is 1.57. The summed E-state index contributed by atoms with van der Waals surface area (Å²) >= 11 is 0. The van der Waals surface area contributed by atoms with Gasteiger partial charge in [0.1, 0.15) is 0 Å². The van der Waals surface area contributed by atoms with Crippen LogP contribution >= 0.6 is 0 Å². The average molecular weight is 512 g/mol. The first-order valence-electron chi connectivity index (χ1n) is 12.1. The lowest BCUT2D eigenvalue weighted by Crippen LogP contribution is -2.43. The van der Waals surface area contributed by atoms with E-state index in [9.17, 15) is 13.2 Å². The van der Waals surface area contributed by atoms with Gasteiger partial charge in [-0.1, -0.05) is 42.5 Å². The van der Waals surface area contributed by atoms with Crippen LogP contribution in [0.3, 0.4) is 0 Å². The second kappa shape index (κ2) is 11.4. The molecule has 2 aliphatic rings. The highest BCUT2D eigenvalue weighted by Crippen LogP contribution is 2.35. The number of amides is 1. The first kappa shape index (κ1) is 26.1. The molecule has 1 amide bonds. The SMILES string of the molecule is CN1CCC(CCOC2(S(=O)(=O)n3ccc(/C=C/C(=O)NO)c3)C=CC(c3ccccc3)C=C2)CC1. The Hall–Kier alpha value is -2.98. The van der Waals surface area contributed by atoms with E-state index in [0.29, 0.717) is 18.1 Å². The highest BCUT2D eigenvalue weighted by molar-refractivity contribution is 7.91. The van der Waals surface area contributed by atoms with Crippen LogP contribution in [0, 0.1) is 5.92 Å². The van der Waals surface area contributed by atoms with Gasteiger partial charge in [0, 0.05) is 31.0 Å². The number of ether oxygens (including phenoxy) is 1. The van der Waals surface area contributed by atoms with Gasteiger partial charge in [0.15, 0.2) is 0 Å². The number of aromatic nitrogens is 1. The van der Waals surface area contributed by atoms with E-state index in [0.717, 1.165) is 48.0 Å². The van der Waals surface area contributed by atoms with E-state index in [1.165, 1.54) is 23.9 Å². The van der Waals surface area contributed by atoms with Gasteiger partial charge in [-0.2, -0.15) is 0 Å². The largest absolute Gasteiger partial charge is 0.351 e. The Morgan fingerprint density at radius 1 is 1.17 bits per heavy atom. The number of hydroxylamine groups is 1. The van der Waals surface area contributed by atoms with Crippen molar-refractivity contribution in [2.75, 3.05) is 26.7 Å².